The molecular formula is C18H27ClN4O2. The normalized spacial score (nSPS) is 27.4. The number of amides is 1. The highest BCUT2D eigenvalue weighted by Crippen LogP contribution is 2.31. The molecule has 1 aromatic rings. The Bertz CT molecular complexity index is 563. The molecule has 3 rings (SSSR count). The van der Waals surface area contributed by atoms with Crippen LogP contribution in [-0.4, -0.2) is 56.2 Å². The van der Waals surface area contributed by atoms with E-state index >= 15 is 0 Å². The molecule has 0 bridgehead atoms. The van der Waals surface area contributed by atoms with E-state index in [4.69, 9.17) is 16.3 Å². The van der Waals surface area contributed by atoms with Crippen LogP contribution >= 0.6 is 11.6 Å². The topological polar surface area (TPSA) is 65.6 Å². The van der Waals surface area contributed by atoms with Crippen LogP contribution in [0.25, 0.3) is 0 Å². The highest BCUT2D eigenvalue weighted by atomic mass is 35.5. The third kappa shape index (κ3) is 5.15. The third-order valence-corrected chi connectivity index (χ3v) is 5.29. The molecular weight excluding hydrogens is 340 g/mol. The minimum Gasteiger partial charge on any atom is -0.379 e. The van der Waals surface area contributed by atoms with Crippen molar-refractivity contribution in [2.75, 3.05) is 39.4 Å². The quantitative estimate of drug-likeness (QED) is 0.709. The molecule has 138 valence electrons. The van der Waals surface area contributed by atoms with Gasteiger partial charge >= 0.3 is 0 Å². The Kier molecular flexibility index (Phi) is 6.67. The standard InChI is InChI=1S/C18H27ClN4O2/c1-13-16(18(22-21-13)14-2-4-15(19)5-3-14)12-17(24)20-6-7-23-8-10-25-11-9-23/h2-5,13,16,18,21-22H,6-12H2,1H3,(H,20,24). The molecule has 3 atom stereocenters. The van der Waals surface area contributed by atoms with Gasteiger partial charge < -0.3 is 10.1 Å². The third-order valence-electron chi connectivity index (χ3n) is 5.04. The first-order chi connectivity index (χ1) is 12.1. The molecule has 0 aromatic heterocycles. The Morgan fingerprint density at radius 1 is 1.28 bits per heavy atom. The van der Waals surface area contributed by atoms with Crippen LogP contribution in [-0.2, 0) is 9.53 Å². The first kappa shape index (κ1) is 18.6. The van der Waals surface area contributed by atoms with Gasteiger partial charge in [0, 0.05) is 49.6 Å². The SMILES string of the molecule is CC1NNC(c2ccc(Cl)cc2)C1CC(=O)NCCN1CCOCC1. The van der Waals surface area contributed by atoms with Gasteiger partial charge in [0.05, 0.1) is 19.3 Å². The van der Waals surface area contributed by atoms with Crippen LogP contribution in [0.5, 0.6) is 0 Å². The molecule has 0 radical (unpaired) electrons. The number of nitrogens with zero attached hydrogens (tertiary/aromatic N) is 1. The van der Waals surface area contributed by atoms with Crippen molar-refractivity contribution in [1.29, 1.82) is 0 Å². The summed E-state index contributed by atoms with van der Waals surface area (Å²) in [5.41, 5.74) is 7.72. The smallest absolute Gasteiger partial charge is 0.220 e. The molecule has 6 nitrogen and oxygen atoms in total. The lowest BCUT2D eigenvalue weighted by Gasteiger charge is -2.26. The number of carbonyl (C=O) groups is 1. The van der Waals surface area contributed by atoms with E-state index in [-0.39, 0.29) is 23.9 Å². The number of halogens is 1. The fourth-order valence-corrected chi connectivity index (χ4v) is 3.61. The maximum Gasteiger partial charge on any atom is 0.220 e. The largest absolute Gasteiger partial charge is 0.379 e. The number of ether oxygens (including phenoxy) is 1. The predicted molar refractivity (Wildman–Crippen MR) is 98.3 cm³/mol. The Balaban J connectivity index is 1.49. The molecule has 2 fully saturated rings. The van der Waals surface area contributed by atoms with Gasteiger partial charge in [-0.3, -0.25) is 15.1 Å². The zero-order valence-electron chi connectivity index (χ0n) is 14.6. The van der Waals surface area contributed by atoms with E-state index in [1.807, 2.05) is 24.3 Å². The molecule has 0 spiro atoms. The monoisotopic (exact) mass is 366 g/mol. The summed E-state index contributed by atoms with van der Waals surface area (Å²) in [6.07, 6.45) is 0.498. The van der Waals surface area contributed by atoms with Crippen molar-refractivity contribution in [3.8, 4) is 0 Å². The van der Waals surface area contributed by atoms with Crippen molar-refractivity contribution in [3.05, 3.63) is 34.9 Å². The number of rotatable bonds is 6. The summed E-state index contributed by atoms with van der Waals surface area (Å²) in [5, 5.41) is 3.78. The van der Waals surface area contributed by atoms with E-state index < -0.39 is 0 Å². The van der Waals surface area contributed by atoms with Crippen LogP contribution in [0.4, 0.5) is 0 Å². The zero-order valence-corrected chi connectivity index (χ0v) is 15.4. The molecule has 3 N–H and O–H groups in total. The van der Waals surface area contributed by atoms with Gasteiger partial charge in [0.25, 0.3) is 0 Å². The van der Waals surface area contributed by atoms with Gasteiger partial charge in [0.15, 0.2) is 0 Å². The number of hydrogen-bond acceptors (Lipinski definition) is 5. The maximum atomic E-state index is 12.4. The van der Waals surface area contributed by atoms with Crippen LogP contribution in [0.1, 0.15) is 24.9 Å². The second-order valence-corrected chi connectivity index (χ2v) is 7.21. The van der Waals surface area contributed by atoms with Gasteiger partial charge in [-0.1, -0.05) is 23.7 Å². The predicted octanol–water partition coefficient (Wildman–Crippen LogP) is 1.33. The van der Waals surface area contributed by atoms with E-state index in [0.29, 0.717) is 13.0 Å². The number of carbonyl (C=O) groups excluding carboxylic acids is 1. The van der Waals surface area contributed by atoms with Gasteiger partial charge in [0.2, 0.25) is 5.91 Å². The summed E-state index contributed by atoms with van der Waals surface area (Å²) in [6, 6.07) is 8.15. The van der Waals surface area contributed by atoms with Crippen LogP contribution in [0.2, 0.25) is 5.02 Å². The molecule has 1 amide bonds. The number of benzene rings is 1. The summed E-state index contributed by atoms with van der Waals surface area (Å²) < 4.78 is 5.34. The van der Waals surface area contributed by atoms with Crippen LogP contribution in [0, 0.1) is 5.92 Å². The molecule has 25 heavy (non-hydrogen) atoms. The van der Waals surface area contributed by atoms with Crippen LogP contribution < -0.4 is 16.2 Å². The molecule has 2 aliphatic rings. The van der Waals surface area contributed by atoms with Crippen molar-refractivity contribution >= 4 is 17.5 Å². The average Bonchev–Trinajstić information content (AvgIpc) is 2.97. The highest BCUT2D eigenvalue weighted by Gasteiger charge is 2.35. The van der Waals surface area contributed by atoms with Gasteiger partial charge in [-0.2, -0.15) is 0 Å². The second-order valence-electron chi connectivity index (χ2n) is 6.78. The molecule has 0 saturated carbocycles. The van der Waals surface area contributed by atoms with Crippen LogP contribution in [0.15, 0.2) is 24.3 Å². The fraction of sp³-hybridized carbons (Fsp3) is 0.611. The fourth-order valence-electron chi connectivity index (χ4n) is 3.48. The molecule has 3 unspecified atom stereocenters. The minimum atomic E-state index is 0.106. The summed E-state index contributed by atoms with van der Waals surface area (Å²) in [7, 11) is 0. The number of hydrogen-bond donors (Lipinski definition) is 3. The summed E-state index contributed by atoms with van der Waals surface area (Å²) >= 11 is 5.98. The molecule has 2 heterocycles. The van der Waals surface area contributed by atoms with E-state index in [1.165, 1.54) is 0 Å². The van der Waals surface area contributed by atoms with Crippen molar-refractivity contribution in [2.24, 2.45) is 5.92 Å². The second kappa shape index (κ2) is 8.96. The number of hydrazine groups is 1. The molecule has 0 aliphatic carbocycles. The van der Waals surface area contributed by atoms with Crippen molar-refractivity contribution < 1.29 is 9.53 Å². The number of morpholine rings is 1. The Hall–Kier alpha value is -1.18. The first-order valence-electron chi connectivity index (χ1n) is 8.97. The van der Waals surface area contributed by atoms with Crippen molar-refractivity contribution in [1.82, 2.24) is 21.1 Å². The van der Waals surface area contributed by atoms with Crippen LogP contribution in [0.3, 0.4) is 0 Å². The number of nitrogens with one attached hydrogen (secondary N) is 3. The molecule has 7 heteroatoms. The average molecular weight is 367 g/mol. The van der Waals surface area contributed by atoms with Crippen molar-refractivity contribution in [3.63, 3.8) is 0 Å². The van der Waals surface area contributed by atoms with E-state index in [1.54, 1.807) is 0 Å². The highest BCUT2D eigenvalue weighted by molar-refractivity contribution is 6.30. The lowest BCUT2D eigenvalue weighted by atomic mass is 9.87. The van der Waals surface area contributed by atoms with E-state index in [0.717, 1.165) is 43.4 Å². The summed E-state index contributed by atoms with van der Waals surface area (Å²) in [5.74, 6) is 0.305. The maximum absolute atomic E-state index is 12.4. The Morgan fingerprint density at radius 2 is 2.00 bits per heavy atom. The van der Waals surface area contributed by atoms with E-state index in [2.05, 4.69) is 28.0 Å². The Labute approximate surface area is 154 Å². The Morgan fingerprint density at radius 3 is 2.72 bits per heavy atom. The summed E-state index contributed by atoms with van der Waals surface area (Å²) in [6.45, 7) is 7.14. The zero-order chi connectivity index (χ0) is 17.6. The molecule has 1 aromatic carbocycles. The van der Waals surface area contributed by atoms with Crippen molar-refractivity contribution in [2.45, 2.75) is 25.4 Å². The van der Waals surface area contributed by atoms with Gasteiger partial charge in [-0.25, -0.2) is 5.43 Å². The van der Waals surface area contributed by atoms with Gasteiger partial charge in [-0.05, 0) is 24.6 Å². The van der Waals surface area contributed by atoms with Gasteiger partial charge in [0.1, 0.15) is 0 Å². The lowest BCUT2D eigenvalue weighted by molar-refractivity contribution is -0.122. The minimum absolute atomic E-state index is 0.106. The lowest BCUT2D eigenvalue weighted by Crippen LogP contribution is -2.41. The molecule has 2 saturated heterocycles. The molecule has 2 aliphatic heterocycles. The van der Waals surface area contributed by atoms with Gasteiger partial charge in [-0.15, -0.1) is 0 Å². The van der Waals surface area contributed by atoms with E-state index in [9.17, 15) is 4.79 Å². The first-order valence-corrected chi connectivity index (χ1v) is 9.34. The summed E-state index contributed by atoms with van der Waals surface area (Å²) in [4.78, 5) is 14.7.